The van der Waals surface area contributed by atoms with Crippen LogP contribution in [0.3, 0.4) is 0 Å². The molecule has 5 nitrogen and oxygen atoms in total. The first-order valence-corrected chi connectivity index (χ1v) is 8.66. The summed E-state index contributed by atoms with van der Waals surface area (Å²) < 4.78 is 22.6. The van der Waals surface area contributed by atoms with Crippen molar-refractivity contribution < 1.29 is 8.42 Å². The highest BCUT2D eigenvalue weighted by Gasteiger charge is 2.18. The van der Waals surface area contributed by atoms with Crippen LogP contribution in [0, 0.1) is 0 Å². The molecule has 6 heteroatoms. The molecule has 0 aromatic carbocycles. The number of rotatable bonds is 5. The minimum atomic E-state index is -2.97. The second-order valence-electron chi connectivity index (χ2n) is 5.21. The van der Waals surface area contributed by atoms with Gasteiger partial charge in [0.05, 0.1) is 11.4 Å². The highest BCUT2D eigenvalue weighted by molar-refractivity contribution is 7.90. The van der Waals surface area contributed by atoms with Gasteiger partial charge in [-0.25, -0.2) is 13.4 Å². The van der Waals surface area contributed by atoms with Crippen molar-refractivity contribution in [2.75, 3.05) is 35.3 Å². The summed E-state index contributed by atoms with van der Waals surface area (Å²) in [5.41, 5.74) is 0.917. The summed E-state index contributed by atoms with van der Waals surface area (Å²) in [6, 6.07) is 3.70. The van der Waals surface area contributed by atoms with Crippen molar-refractivity contribution in [2.24, 2.45) is 0 Å². The largest absolute Gasteiger partial charge is 0.379 e. The van der Waals surface area contributed by atoms with E-state index >= 15 is 0 Å². The Morgan fingerprint density at radius 2 is 2.11 bits per heavy atom. The normalized spacial score (nSPS) is 17.5. The minimum absolute atomic E-state index is 0.124. The van der Waals surface area contributed by atoms with Crippen LogP contribution in [0.5, 0.6) is 0 Å². The third-order valence-electron chi connectivity index (χ3n) is 3.15. The molecular weight excluding hydrogens is 262 g/mol. The van der Waals surface area contributed by atoms with Gasteiger partial charge < -0.3 is 10.2 Å². The smallest absolute Gasteiger partial charge is 0.151 e. The lowest BCUT2D eigenvalue weighted by Crippen LogP contribution is -2.27. The monoisotopic (exact) mass is 283 g/mol. The van der Waals surface area contributed by atoms with E-state index in [0.717, 1.165) is 24.6 Å². The van der Waals surface area contributed by atoms with E-state index in [1.807, 2.05) is 19.1 Å². The molecule has 0 radical (unpaired) electrons. The number of aromatic nitrogens is 1. The van der Waals surface area contributed by atoms with Crippen molar-refractivity contribution >= 4 is 21.3 Å². The summed E-state index contributed by atoms with van der Waals surface area (Å²) in [6.07, 6.45) is 5.42. The Morgan fingerprint density at radius 1 is 1.42 bits per heavy atom. The van der Waals surface area contributed by atoms with E-state index in [1.165, 1.54) is 19.1 Å². The third kappa shape index (κ3) is 4.09. The van der Waals surface area contributed by atoms with Gasteiger partial charge in [0.2, 0.25) is 0 Å². The minimum Gasteiger partial charge on any atom is -0.379 e. The van der Waals surface area contributed by atoms with Crippen LogP contribution in [0.1, 0.15) is 19.8 Å². The van der Waals surface area contributed by atoms with Gasteiger partial charge in [-0.1, -0.05) is 0 Å². The average molecular weight is 283 g/mol. The molecule has 1 N–H and O–H groups in total. The molecule has 0 amide bonds. The molecule has 2 heterocycles. The van der Waals surface area contributed by atoms with E-state index in [0.29, 0.717) is 0 Å². The van der Waals surface area contributed by atoms with Crippen molar-refractivity contribution in [3.63, 3.8) is 0 Å². The summed E-state index contributed by atoms with van der Waals surface area (Å²) in [6.45, 7) is 3.92. The number of sulfone groups is 1. The van der Waals surface area contributed by atoms with E-state index in [1.54, 1.807) is 6.20 Å². The molecule has 0 saturated carbocycles. The maximum absolute atomic E-state index is 11.3. The molecule has 0 aliphatic carbocycles. The van der Waals surface area contributed by atoms with Crippen LogP contribution >= 0.6 is 0 Å². The Kier molecular flexibility index (Phi) is 4.29. The van der Waals surface area contributed by atoms with Gasteiger partial charge in [0, 0.05) is 31.6 Å². The van der Waals surface area contributed by atoms with E-state index in [4.69, 9.17) is 0 Å². The van der Waals surface area contributed by atoms with Gasteiger partial charge >= 0.3 is 0 Å². The number of pyridine rings is 1. The third-order valence-corrected chi connectivity index (χ3v) is 4.25. The summed E-state index contributed by atoms with van der Waals surface area (Å²) >= 11 is 0. The summed E-state index contributed by atoms with van der Waals surface area (Å²) in [4.78, 5) is 6.67. The Morgan fingerprint density at radius 3 is 2.74 bits per heavy atom. The first-order chi connectivity index (χ1) is 8.96. The Labute approximate surface area is 114 Å². The van der Waals surface area contributed by atoms with Gasteiger partial charge in [0.25, 0.3) is 0 Å². The fourth-order valence-corrected chi connectivity index (χ4v) is 3.44. The SMILES string of the molecule is CC(CS(C)(=O)=O)Nc1cccnc1N1CCCC1. The zero-order valence-electron chi connectivity index (χ0n) is 11.5. The van der Waals surface area contributed by atoms with Gasteiger partial charge in [-0.2, -0.15) is 0 Å². The van der Waals surface area contributed by atoms with Crippen molar-refractivity contribution in [3.05, 3.63) is 18.3 Å². The summed E-state index contributed by atoms with van der Waals surface area (Å²) in [5.74, 6) is 1.06. The van der Waals surface area contributed by atoms with Crippen molar-refractivity contribution in [1.29, 1.82) is 0 Å². The van der Waals surface area contributed by atoms with Crippen molar-refractivity contribution in [2.45, 2.75) is 25.8 Å². The summed E-state index contributed by atoms with van der Waals surface area (Å²) in [5, 5.41) is 3.26. The Bertz CT molecular complexity index is 524. The first kappa shape index (κ1) is 14.1. The van der Waals surface area contributed by atoms with Crippen LogP contribution in [-0.2, 0) is 9.84 Å². The first-order valence-electron chi connectivity index (χ1n) is 6.60. The fourth-order valence-electron chi connectivity index (χ4n) is 2.45. The number of hydrogen-bond acceptors (Lipinski definition) is 5. The van der Waals surface area contributed by atoms with E-state index in [-0.39, 0.29) is 11.8 Å². The molecule has 1 aromatic heterocycles. The molecule has 1 atom stereocenters. The number of hydrogen-bond donors (Lipinski definition) is 1. The van der Waals surface area contributed by atoms with Crippen LogP contribution in [0.4, 0.5) is 11.5 Å². The highest BCUT2D eigenvalue weighted by atomic mass is 32.2. The second kappa shape index (κ2) is 5.77. The zero-order chi connectivity index (χ0) is 13.9. The maximum Gasteiger partial charge on any atom is 0.151 e. The molecule has 1 saturated heterocycles. The average Bonchev–Trinajstić information content (AvgIpc) is 2.80. The lowest BCUT2D eigenvalue weighted by Gasteiger charge is -2.22. The lowest BCUT2D eigenvalue weighted by atomic mass is 10.3. The maximum atomic E-state index is 11.3. The highest BCUT2D eigenvalue weighted by Crippen LogP contribution is 2.26. The van der Waals surface area contributed by atoms with Gasteiger partial charge in [0.1, 0.15) is 9.84 Å². The standard InChI is InChI=1S/C13H21N3O2S/c1-11(10-19(2,17)18)15-12-6-5-7-14-13(12)16-8-3-4-9-16/h5-7,11,15H,3-4,8-10H2,1-2H3. The Balaban J connectivity index is 2.11. The van der Waals surface area contributed by atoms with Crippen molar-refractivity contribution in [1.82, 2.24) is 4.98 Å². The molecule has 1 aromatic rings. The molecule has 1 aliphatic heterocycles. The number of nitrogens with zero attached hydrogens (tertiary/aromatic N) is 2. The quantitative estimate of drug-likeness (QED) is 0.888. The van der Waals surface area contributed by atoms with Crippen LogP contribution in [0.2, 0.25) is 0 Å². The topological polar surface area (TPSA) is 62.3 Å². The molecule has 0 spiro atoms. The van der Waals surface area contributed by atoms with Crippen LogP contribution in [-0.4, -0.2) is 44.5 Å². The molecule has 1 aliphatic rings. The van der Waals surface area contributed by atoms with Gasteiger partial charge in [-0.15, -0.1) is 0 Å². The lowest BCUT2D eigenvalue weighted by molar-refractivity contribution is 0.598. The van der Waals surface area contributed by atoms with Crippen LogP contribution in [0.15, 0.2) is 18.3 Å². The molecule has 19 heavy (non-hydrogen) atoms. The second-order valence-corrected chi connectivity index (χ2v) is 7.39. The van der Waals surface area contributed by atoms with E-state index in [9.17, 15) is 8.42 Å². The van der Waals surface area contributed by atoms with Crippen molar-refractivity contribution in [3.8, 4) is 0 Å². The predicted molar refractivity (Wildman–Crippen MR) is 78.5 cm³/mol. The van der Waals surface area contributed by atoms with Crippen LogP contribution < -0.4 is 10.2 Å². The summed E-state index contributed by atoms with van der Waals surface area (Å²) in [7, 11) is -2.97. The molecule has 0 bridgehead atoms. The Hall–Kier alpha value is -1.30. The fraction of sp³-hybridized carbons (Fsp3) is 0.615. The molecular formula is C13H21N3O2S. The molecule has 106 valence electrons. The molecule has 2 rings (SSSR count). The van der Waals surface area contributed by atoms with E-state index < -0.39 is 9.84 Å². The molecule has 1 unspecified atom stereocenters. The van der Waals surface area contributed by atoms with E-state index in [2.05, 4.69) is 15.2 Å². The van der Waals surface area contributed by atoms with Gasteiger partial charge in [0.15, 0.2) is 5.82 Å². The number of nitrogens with one attached hydrogen (secondary N) is 1. The molecule has 1 fully saturated rings. The van der Waals surface area contributed by atoms with Crippen LogP contribution in [0.25, 0.3) is 0 Å². The zero-order valence-corrected chi connectivity index (χ0v) is 12.3. The van der Waals surface area contributed by atoms with Gasteiger partial charge in [-0.05, 0) is 31.9 Å². The van der Waals surface area contributed by atoms with Gasteiger partial charge in [-0.3, -0.25) is 0 Å². The predicted octanol–water partition coefficient (Wildman–Crippen LogP) is 1.53. The number of anilines is 2.